The number of hydrogen-bond acceptors (Lipinski definition) is 3. The molecule has 0 heterocycles. The number of fused-ring (bicyclic) bond motifs is 5. The third-order valence-corrected chi connectivity index (χ3v) is 11.7. The minimum atomic E-state index is -0.964. The molecular formula is C30H46O4. The number of carboxylic acids is 1. The number of aliphatic hydroxyl groups excluding tert-OH is 1. The van der Waals surface area contributed by atoms with Crippen molar-refractivity contribution < 1.29 is 19.8 Å². The Bertz CT molecular complexity index is 928. The lowest BCUT2D eigenvalue weighted by Gasteiger charge is -2.63. The second-order valence-corrected chi connectivity index (χ2v) is 13.5. The smallest absolute Gasteiger partial charge is 0.331 e. The number of carboxylic acid groups (broad SMARTS) is 1. The molecule has 0 aliphatic heterocycles. The third-order valence-electron chi connectivity index (χ3n) is 11.7. The highest BCUT2D eigenvalue weighted by atomic mass is 16.4. The van der Waals surface area contributed by atoms with Crippen molar-refractivity contribution in [3.8, 4) is 0 Å². The van der Waals surface area contributed by atoms with Crippen molar-refractivity contribution in [3.63, 3.8) is 0 Å². The first kappa shape index (κ1) is 25.7. The van der Waals surface area contributed by atoms with Gasteiger partial charge in [0.25, 0.3) is 0 Å². The Morgan fingerprint density at radius 3 is 2.47 bits per heavy atom. The number of carbonyl (C=O) groups excluding carboxylic acids is 1. The number of Topliss-reactive ketones (excluding diaryl/α,β-unsaturated/α-hetero) is 1. The molecule has 0 unspecified atom stereocenters. The molecule has 8 atom stereocenters. The predicted molar refractivity (Wildman–Crippen MR) is 135 cm³/mol. The van der Waals surface area contributed by atoms with Crippen molar-refractivity contribution in [2.75, 3.05) is 0 Å². The molecule has 0 radical (unpaired) electrons. The maximum absolute atomic E-state index is 12.8. The highest BCUT2D eigenvalue weighted by molar-refractivity contribution is 5.86. The van der Waals surface area contributed by atoms with Gasteiger partial charge in [0.2, 0.25) is 0 Å². The first-order valence-corrected chi connectivity index (χ1v) is 13.5. The standard InChI is InChI=1S/C30H46O4/c1-18(16-20(31)17-19(2)26(33)34)21-10-14-30(7)23-8-9-24-27(3,4)25(32)12-13-28(24,5)22(23)11-15-29(21,30)6/h8,17-18,20-22,24,31H,9-16H2,1-7H3,(H,33,34)/b19-17+/t18-,20-,21-,22-,24+,28-,29-,30+/m1/s1. The van der Waals surface area contributed by atoms with E-state index in [1.165, 1.54) is 25.3 Å². The van der Waals surface area contributed by atoms with Crippen LogP contribution in [0.5, 0.6) is 0 Å². The summed E-state index contributed by atoms with van der Waals surface area (Å²) in [6.07, 6.45) is 11.4. The van der Waals surface area contributed by atoms with Crippen LogP contribution in [0.25, 0.3) is 0 Å². The van der Waals surface area contributed by atoms with Gasteiger partial charge in [0.1, 0.15) is 5.78 Å². The fraction of sp³-hybridized carbons (Fsp3) is 0.800. The molecule has 3 fully saturated rings. The molecule has 190 valence electrons. The number of carbonyl (C=O) groups is 2. The molecule has 0 amide bonds. The van der Waals surface area contributed by atoms with Gasteiger partial charge in [-0.25, -0.2) is 4.79 Å². The van der Waals surface area contributed by atoms with Crippen molar-refractivity contribution >= 4 is 11.8 Å². The number of rotatable bonds is 5. The SMILES string of the molecule is C/C(=C\[C@H](O)C[C@@H](C)[C@H]1CC[C@@]2(C)C3=CC[C@H]4C(C)(C)C(=O)CC[C@]4(C)[C@@H]3CC[C@]12C)C(=O)O. The van der Waals surface area contributed by atoms with Crippen molar-refractivity contribution in [2.45, 2.75) is 106 Å². The van der Waals surface area contributed by atoms with E-state index < -0.39 is 12.1 Å². The van der Waals surface area contributed by atoms with Gasteiger partial charge in [0.05, 0.1) is 6.10 Å². The molecule has 4 nitrogen and oxygen atoms in total. The molecule has 34 heavy (non-hydrogen) atoms. The van der Waals surface area contributed by atoms with Crippen LogP contribution < -0.4 is 0 Å². The topological polar surface area (TPSA) is 74.6 Å². The van der Waals surface area contributed by atoms with Crippen molar-refractivity contribution in [1.29, 1.82) is 0 Å². The Kier molecular flexibility index (Phi) is 6.28. The second-order valence-electron chi connectivity index (χ2n) is 13.5. The quantitative estimate of drug-likeness (QED) is 0.352. The summed E-state index contributed by atoms with van der Waals surface area (Å²) in [4.78, 5) is 24.0. The van der Waals surface area contributed by atoms with Crippen molar-refractivity contribution in [2.24, 2.45) is 45.3 Å². The molecule has 4 aliphatic rings. The van der Waals surface area contributed by atoms with Gasteiger partial charge in [0, 0.05) is 17.4 Å². The normalized spacial score (nSPS) is 43.3. The van der Waals surface area contributed by atoms with Crippen LogP contribution >= 0.6 is 0 Å². The van der Waals surface area contributed by atoms with E-state index in [2.05, 4.69) is 47.6 Å². The zero-order chi connectivity index (χ0) is 25.3. The van der Waals surface area contributed by atoms with E-state index in [9.17, 15) is 14.7 Å². The van der Waals surface area contributed by atoms with Crippen LogP contribution in [0, 0.1) is 45.3 Å². The summed E-state index contributed by atoms with van der Waals surface area (Å²) in [5.74, 6) is 1.32. The van der Waals surface area contributed by atoms with Crippen LogP contribution in [0.1, 0.15) is 99.8 Å². The zero-order valence-corrected chi connectivity index (χ0v) is 22.4. The Labute approximate surface area is 206 Å². The first-order valence-electron chi connectivity index (χ1n) is 13.5. The van der Waals surface area contributed by atoms with Crippen molar-refractivity contribution in [1.82, 2.24) is 0 Å². The molecule has 2 N–H and O–H groups in total. The molecule has 0 bridgehead atoms. The number of allylic oxidation sites excluding steroid dienone is 2. The first-order chi connectivity index (χ1) is 15.7. The van der Waals surface area contributed by atoms with Gasteiger partial charge in [0.15, 0.2) is 0 Å². The number of hydrogen-bond donors (Lipinski definition) is 2. The zero-order valence-electron chi connectivity index (χ0n) is 22.4. The minimum absolute atomic E-state index is 0.159. The maximum atomic E-state index is 12.8. The average Bonchev–Trinajstić information content (AvgIpc) is 3.02. The van der Waals surface area contributed by atoms with Crippen LogP contribution in [-0.2, 0) is 9.59 Å². The molecular weight excluding hydrogens is 424 g/mol. The minimum Gasteiger partial charge on any atom is -0.478 e. The highest BCUT2D eigenvalue weighted by Gasteiger charge is 2.65. The number of aliphatic carboxylic acids is 1. The lowest BCUT2D eigenvalue weighted by molar-refractivity contribution is -0.146. The van der Waals surface area contributed by atoms with Crippen LogP contribution in [0.3, 0.4) is 0 Å². The Morgan fingerprint density at radius 1 is 1.15 bits per heavy atom. The fourth-order valence-electron chi connectivity index (χ4n) is 9.44. The van der Waals surface area contributed by atoms with Gasteiger partial charge >= 0.3 is 5.97 Å². The largest absolute Gasteiger partial charge is 0.478 e. The molecule has 0 aromatic carbocycles. The van der Waals surface area contributed by atoms with Crippen LogP contribution in [-0.4, -0.2) is 28.1 Å². The molecule has 0 aromatic rings. The molecule has 4 aliphatic carbocycles. The molecule has 4 heteroatoms. The third kappa shape index (κ3) is 3.57. The van der Waals surface area contributed by atoms with E-state index in [0.717, 1.165) is 25.7 Å². The average molecular weight is 471 g/mol. The van der Waals surface area contributed by atoms with Crippen LogP contribution in [0.15, 0.2) is 23.3 Å². The summed E-state index contributed by atoms with van der Waals surface area (Å²) in [6, 6.07) is 0. The Balaban J connectivity index is 1.60. The Morgan fingerprint density at radius 2 is 1.82 bits per heavy atom. The van der Waals surface area contributed by atoms with Crippen LogP contribution in [0.4, 0.5) is 0 Å². The van der Waals surface area contributed by atoms with Gasteiger partial charge < -0.3 is 10.2 Å². The van der Waals surface area contributed by atoms with Gasteiger partial charge in [-0.1, -0.05) is 53.2 Å². The number of ketones is 1. The molecule has 0 aromatic heterocycles. The summed E-state index contributed by atoms with van der Waals surface area (Å²) >= 11 is 0. The van der Waals surface area contributed by atoms with Crippen LogP contribution in [0.2, 0.25) is 0 Å². The molecule has 3 saturated carbocycles. The van der Waals surface area contributed by atoms with Crippen molar-refractivity contribution in [3.05, 3.63) is 23.3 Å². The summed E-state index contributed by atoms with van der Waals surface area (Å²) < 4.78 is 0. The lowest BCUT2D eigenvalue weighted by Crippen LogP contribution is -2.57. The highest BCUT2D eigenvalue weighted by Crippen LogP contribution is 2.73. The fourth-order valence-corrected chi connectivity index (χ4v) is 9.44. The van der Waals surface area contributed by atoms with Gasteiger partial charge in [-0.05, 0) is 97.9 Å². The molecule has 4 rings (SSSR count). The predicted octanol–water partition coefficient (Wildman–Crippen LogP) is 6.58. The number of aliphatic hydroxyl groups is 1. The molecule has 0 saturated heterocycles. The summed E-state index contributed by atoms with van der Waals surface area (Å²) in [6.45, 7) is 15.7. The summed E-state index contributed by atoms with van der Waals surface area (Å²) in [5, 5.41) is 19.7. The lowest BCUT2D eigenvalue weighted by atomic mass is 9.41. The van der Waals surface area contributed by atoms with E-state index in [1.54, 1.807) is 12.5 Å². The van der Waals surface area contributed by atoms with E-state index in [-0.39, 0.29) is 27.2 Å². The van der Waals surface area contributed by atoms with Gasteiger partial charge in [-0.2, -0.15) is 0 Å². The van der Waals surface area contributed by atoms with E-state index >= 15 is 0 Å². The van der Waals surface area contributed by atoms with E-state index in [1.807, 2.05) is 0 Å². The van der Waals surface area contributed by atoms with E-state index in [0.29, 0.717) is 35.9 Å². The summed E-state index contributed by atoms with van der Waals surface area (Å²) in [7, 11) is 0. The molecule has 0 spiro atoms. The van der Waals surface area contributed by atoms with Gasteiger partial charge in [-0.3, -0.25) is 4.79 Å². The summed E-state index contributed by atoms with van der Waals surface area (Å²) in [5.41, 5.74) is 2.19. The maximum Gasteiger partial charge on any atom is 0.331 e. The van der Waals surface area contributed by atoms with Gasteiger partial charge in [-0.15, -0.1) is 0 Å². The second kappa shape index (κ2) is 8.32. The van der Waals surface area contributed by atoms with E-state index in [4.69, 9.17) is 5.11 Å². The Hall–Kier alpha value is -1.42. The monoisotopic (exact) mass is 470 g/mol.